The Morgan fingerprint density at radius 1 is 1.50 bits per heavy atom. The van der Waals surface area contributed by atoms with E-state index in [1.54, 1.807) is 0 Å². The SMILES string of the molecule is CCOC(=O)C1(NC)CCCC(N(C)CC(C)CC)C1. The van der Waals surface area contributed by atoms with Gasteiger partial charge in [-0.25, -0.2) is 0 Å². The van der Waals surface area contributed by atoms with Gasteiger partial charge in [-0.05, 0) is 52.6 Å². The summed E-state index contributed by atoms with van der Waals surface area (Å²) in [6, 6.07) is 0.467. The highest BCUT2D eigenvalue weighted by atomic mass is 16.5. The molecule has 0 aromatic rings. The lowest BCUT2D eigenvalue weighted by Crippen LogP contribution is -2.57. The van der Waals surface area contributed by atoms with E-state index in [9.17, 15) is 4.79 Å². The summed E-state index contributed by atoms with van der Waals surface area (Å²) in [6.45, 7) is 7.95. The summed E-state index contributed by atoms with van der Waals surface area (Å²) in [7, 11) is 4.07. The van der Waals surface area contributed by atoms with Crippen molar-refractivity contribution in [3.05, 3.63) is 0 Å². The van der Waals surface area contributed by atoms with Crippen LogP contribution in [0.4, 0.5) is 0 Å². The third-order valence-corrected chi connectivity index (χ3v) is 4.79. The van der Waals surface area contributed by atoms with Crippen LogP contribution in [0.5, 0.6) is 0 Å². The zero-order valence-corrected chi connectivity index (χ0v) is 13.9. The van der Waals surface area contributed by atoms with Gasteiger partial charge in [-0.1, -0.05) is 20.3 Å². The Kier molecular flexibility index (Phi) is 6.96. The predicted octanol–water partition coefficient (Wildman–Crippen LogP) is 2.43. The van der Waals surface area contributed by atoms with Crippen molar-refractivity contribution in [1.29, 1.82) is 0 Å². The normalized spacial score (nSPS) is 28.4. The second-order valence-electron chi connectivity index (χ2n) is 6.26. The molecule has 1 N–H and O–H groups in total. The second-order valence-corrected chi connectivity index (χ2v) is 6.26. The molecule has 3 unspecified atom stereocenters. The lowest BCUT2D eigenvalue weighted by Gasteiger charge is -2.42. The number of esters is 1. The third-order valence-electron chi connectivity index (χ3n) is 4.79. The number of nitrogens with one attached hydrogen (secondary N) is 1. The first-order valence-corrected chi connectivity index (χ1v) is 8.05. The van der Waals surface area contributed by atoms with Crippen LogP contribution in [0.25, 0.3) is 0 Å². The van der Waals surface area contributed by atoms with Crippen LogP contribution >= 0.6 is 0 Å². The maximum Gasteiger partial charge on any atom is 0.326 e. The van der Waals surface area contributed by atoms with E-state index >= 15 is 0 Å². The average molecular weight is 284 g/mol. The molecule has 0 heterocycles. The van der Waals surface area contributed by atoms with Crippen LogP contribution in [0.15, 0.2) is 0 Å². The van der Waals surface area contributed by atoms with Crippen LogP contribution in [0.3, 0.4) is 0 Å². The number of ether oxygens (including phenoxy) is 1. The van der Waals surface area contributed by atoms with Crippen LogP contribution in [-0.2, 0) is 9.53 Å². The molecule has 1 rings (SSSR count). The molecule has 1 fully saturated rings. The fourth-order valence-electron chi connectivity index (χ4n) is 3.18. The fraction of sp³-hybridized carbons (Fsp3) is 0.938. The number of hydrogen-bond donors (Lipinski definition) is 1. The molecule has 118 valence electrons. The first-order valence-electron chi connectivity index (χ1n) is 8.05. The zero-order chi connectivity index (χ0) is 15.2. The Bertz CT molecular complexity index is 309. The van der Waals surface area contributed by atoms with Gasteiger partial charge in [0.05, 0.1) is 6.61 Å². The van der Waals surface area contributed by atoms with Gasteiger partial charge in [-0.3, -0.25) is 4.79 Å². The Morgan fingerprint density at radius 3 is 2.75 bits per heavy atom. The topological polar surface area (TPSA) is 41.6 Å². The highest BCUT2D eigenvalue weighted by Crippen LogP contribution is 2.32. The Balaban J connectivity index is 2.70. The third kappa shape index (κ3) is 4.19. The highest BCUT2D eigenvalue weighted by molar-refractivity contribution is 5.81. The van der Waals surface area contributed by atoms with Crippen LogP contribution in [0.1, 0.15) is 52.9 Å². The minimum atomic E-state index is -0.483. The number of likely N-dealkylation sites (N-methyl/N-ethyl adjacent to an activating group) is 1. The van der Waals surface area contributed by atoms with Gasteiger partial charge in [0.2, 0.25) is 0 Å². The molecule has 1 aliphatic carbocycles. The molecule has 0 radical (unpaired) electrons. The van der Waals surface area contributed by atoms with Gasteiger partial charge >= 0.3 is 5.97 Å². The molecule has 0 bridgehead atoms. The lowest BCUT2D eigenvalue weighted by atomic mass is 9.78. The lowest BCUT2D eigenvalue weighted by molar-refractivity contribution is -0.153. The molecule has 4 heteroatoms. The van der Waals surface area contributed by atoms with E-state index in [4.69, 9.17) is 4.74 Å². The van der Waals surface area contributed by atoms with Crippen LogP contribution < -0.4 is 5.32 Å². The van der Waals surface area contributed by atoms with Crippen molar-refractivity contribution in [3.8, 4) is 0 Å². The maximum absolute atomic E-state index is 12.3. The van der Waals surface area contributed by atoms with Gasteiger partial charge in [-0.2, -0.15) is 0 Å². The molecular formula is C16H32N2O2. The van der Waals surface area contributed by atoms with Gasteiger partial charge in [0.1, 0.15) is 5.54 Å². The van der Waals surface area contributed by atoms with Gasteiger partial charge in [-0.15, -0.1) is 0 Å². The molecule has 20 heavy (non-hydrogen) atoms. The Hall–Kier alpha value is -0.610. The molecule has 1 aliphatic rings. The van der Waals surface area contributed by atoms with E-state index in [-0.39, 0.29) is 5.97 Å². The molecule has 3 atom stereocenters. The van der Waals surface area contributed by atoms with Crippen molar-refractivity contribution >= 4 is 5.97 Å². The molecule has 0 aliphatic heterocycles. The quantitative estimate of drug-likeness (QED) is 0.729. The summed E-state index contributed by atoms with van der Waals surface area (Å²) in [5.74, 6) is 0.623. The van der Waals surface area contributed by atoms with Crippen molar-refractivity contribution in [3.63, 3.8) is 0 Å². The Morgan fingerprint density at radius 2 is 2.20 bits per heavy atom. The van der Waals surface area contributed by atoms with Gasteiger partial charge in [0, 0.05) is 12.6 Å². The minimum Gasteiger partial charge on any atom is -0.465 e. The maximum atomic E-state index is 12.3. The van der Waals surface area contributed by atoms with E-state index in [2.05, 4.69) is 31.1 Å². The summed E-state index contributed by atoms with van der Waals surface area (Å²) in [5.41, 5.74) is -0.483. The molecule has 1 saturated carbocycles. The molecule has 0 aromatic carbocycles. The van der Waals surface area contributed by atoms with Crippen LogP contribution in [-0.4, -0.2) is 49.7 Å². The first kappa shape index (κ1) is 17.4. The molecule has 0 amide bonds. The fourth-order valence-corrected chi connectivity index (χ4v) is 3.18. The van der Waals surface area contributed by atoms with Gasteiger partial charge in [0.15, 0.2) is 0 Å². The first-order chi connectivity index (χ1) is 9.49. The highest BCUT2D eigenvalue weighted by Gasteiger charge is 2.43. The molecule has 0 aromatic heterocycles. The van der Waals surface area contributed by atoms with Crippen LogP contribution in [0, 0.1) is 5.92 Å². The van der Waals surface area contributed by atoms with Crippen molar-refractivity contribution in [2.45, 2.75) is 64.5 Å². The van der Waals surface area contributed by atoms with Crippen molar-refractivity contribution in [2.24, 2.45) is 5.92 Å². The largest absolute Gasteiger partial charge is 0.465 e. The van der Waals surface area contributed by atoms with Crippen LogP contribution in [0.2, 0.25) is 0 Å². The summed E-state index contributed by atoms with van der Waals surface area (Å²) >= 11 is 0. The molecule has 0 saturated heterocycles. The molecule has 4 nitrogen and oxygen atoms in total. The summed E-state index contributed by atoms with van der Waals surface area (Å²) in [4.78, 5) is 14.7. The standard InChI is InChI=1S/C16H32N2O2/c1-6-13(3)12-18(5)14-9-8-10-16(11-14,17-4)15(19)20-7-2/h13-14,17H,6-12H2,1-5H3. The number of hydrogen-bond acceptors (Lipinski definition) is 4. The van der Waals surface area contributed by atoms with E-state index < -0.39 is 5.54 Å². The van der Waals surface area contributed by atoms with E-state index in [0.717, 1.165) is 25.8 Å². The molecule has 0 spiro atoms. The monoisotopic (exact) mass is 284 g/mol. The summed E-state index contributed by atoms with van der Waals surface area (Å²) in [5, 5.41) is 3.25. The van der Waals surface area contributed by atoms with Crippen molar-refractivity contribution in [2.75, 3.05) is 27.2 Å². The minimum absolute atomic E-state index is 0.0795. The van der Waals surface area contributed by atoms with Crippen molar-refractivity contribution < 1.29 is 9.53 Å². The zero-order valence-electron chi connectivity index (χ0n) is 13.9. The van der Waals surface area contributed by atoms with Gasteiger partial charge < -0.3 is 15.0 Å². The Labute approximate surface area is 124 Å². The number of rotatable bonds is 7. The van der Waals surface area contributed by atoms with E-state index in [0.29, 0.717) is 18.6 Å². The predicted molar refractivity (Wildman–Crippen MR) is 82.8 cm³/mol. The average Bonchev–Trinajstić information content (AvgIpc) is 2.47. The van der Waals surface area contributed by atoms with E-state index in [1.807, 2.05) is 14.0 Å². The number of carbonyl (C=O) groups excluding carboxylic acids is 1. The van der Waals surface area contributed by atoms with E-state index in [1.165, 1.54) is 12.8 Å². The summed E-state index contributed by atoms with van der Waals surface area (Å²) in [6.07, 6.45) is 5.20. The summed E-state index contributed by atoms with van der Waals surface area (Å²) < 4.78 is 5.29. The smallest absolute Gasteiger partial charge is 0.326 e. The number of carbonyl (C=O) groups is 1. The second kappa shape index (κ2) is 7.99. The number of nitrogens with zero attached hydrogens (tertiary/aromatic N) is 1. The molecular weight excluding hydrogens is 252 g/mol. The van der Waals surface area contributed by atoms with Gasteiger partial charge in [0.25, 0.3) is 0 Å². The van der Waals surface area contributed by atoms with Crippen molar-refractivity contribution in [1.82, 2.24) is 10.2 Å².